The number of benzene rings is 1. The van der Waals surface area contributed by atoms with Crippen LogP contribution in [-0.4, -0.2) is 18.8 Å². The van der Waals surface area contributed by atoms with Crippen molar-refractivity contribution in [2.24, 2.45) is 5.84 Å². The third kappa shape index (κ3) is 4.29. The average Bonchev–Trinajstić information content (AvgIpc) is 2.52. The van der Waals surface area contributed by atoms with Crippen molar-refractivity contribution in [2.45, 2.75) is 70.4 Å². The summed E-state index contributed by atoms with van der Waals surface area (Å²) in [4.78, 5) is 0. The van der Waals surface area contributed by atoms with Crippen molar-refractivity contribution < 1.29 is 4.74 Å². The maximum Gasteiger partial charge on any atom is 0.0741 e. The molecule has 1 aliphatic carbocycles. The van der Waals surface area contributed by atoms with Gasteiger partial charge in [-0.15, -0.1) is 0 Å². The first-order valence-electron chi connectivity index (χ1n) is 8.45. The predicted octanol–water partition coefficient (Wildman–Crippen LogP) is 3.53. The van der Waals surface area contributed by atoms with Gasteiger partial charge in [0, 0.05) is 12.6 Å². The highest BCUT2D eigenvalue weighted by Crippen LogP contribution is 2.35. The molecule has 0 saturated heterocycles. The number of nitrogens with two attached hydrogens (primary N) is 1. The third-order valence-corrected chi connectivity index (χ3v) is 4.65. The molecule has 0 aliphatic heterocycles. The topological polar surface area (TPSA) is 47.3 Å². The molecule has 3 N–H and O–H groups in total. The molecule has 0 radical (unpaired) electrons. The number of hydrogen-bond acceptors (Lipinski definition) is 3. The first-order chi connectivity index (χ1) is 10.3. The highest BCUT2D eigenvalue weighted by atomic mass is 16.5. The van der Waals surface area contributed by atoms with Gasteiger partial charge in [-0.05, 0) is 56.1 Å². The second kappa shape index (κ2) is 8.52. The van der Waals surface area contributed by atoms with Crippen LogP contribution in [0.5, 0.6) is 0 Å². The van der Waals surface area contributed by atoms with Gasteiger partial charge in [0.1, 0.15) is 0 Å². The fourth-order valence-electron chi connectivity index (χ4n) is 3.63. The lowest BCUT2D eigenvalue weighted by molar-refractivity contribution is 0.0236. The van der Waals surface area contributed by atoms with E-state index in [1.165, 1.54) is 30.4 Å². The number of hydrazine groups is 1. The Morgan fingerprint density at radius 1 is 1.33 bits per heavy atom. The second-order valence-electron chi connectivity index (χ2n) is 6.08. The van der Waals surface area contributed by atoms with Crippen molar-refractivity contribution in [3.8, 4) is 0 Å². The number of nitrogens with one attached hydrogen (secondary N) is 1. The monoisotopic (exact) mass is 290 g/mol. The van der Waals surface area contributed by atoms with Crippen molar-refractivity contribution in [1.29, 1.82) is 0 Å². The molecule has 0 saturated carbocycles. The van der Waals surface area contributed by atoms with Crippen LogP contribution >= 0.6 is 0 Å². The molecule has 3 unspecified atom stereocenters. The standard InChI is InChI=1S/C18H30N2O/c1-3-8-18(21-4-2)17(20-19)13-15-11-7-10-14-9-5-6-12-16(14)15/h5-6,9,12,15,17-18,20H,3-4,7-8,10-11,13,19H2,1-2H3. The van der Waals surface area contributed by atoms with Crippen LogP contribution < -0.4 is 11.3 Å². The van der Waals surface area contributed by atoms with Crippen LogP contribution in [0, 0.1) is 0 Å². The number of ether oxygens (including phenoxy) is 1. The fraction of sp³-hybridized carbons (Fsp3) is 0.667. The van der Waals surface area contributed by atoms with Gasteiger partial charge in [-0.2, -0.15) is 0 Å². The van der Waals surface area contributed by atoms with Gasteiger partial charge in [0.2, 0.25) is 0 Å². The van der Waals surface area contributed by atoms with Crippen LogP contribution in [0.2, 0.25) is 0 Å². The van der Waals surface area contributed by atoms with Gasteiger partial charge in [-0.1, -0.05) is 37.6 Å². The highest BCUT2D eigenvalue weighted by molar-refractivity contribution is 5.32. The largest absolute Gasteiger partial charge is 0.377 e. The lowest BCUT2D eigenvalue weighted by atomic mass is 9.78. The molecule has 3 heteroatoms. The zero-order chi connectivity index (χ0) is 15.1. The number of hydrogen-bond donors (Lipinski definition) is 2. The Kier molecular flexibility index (Phi) is 6.68. The molecule has 0 bridgehead atoms. The van der Waals surface area contributed by atoms with Crippen molar-refractivity contribution in [1.82, 2.24) is 5.43 Å². The second-order valence-corrected chi connectivity index (χ2v) is 6.08. The smallest absolute Gasteiger partial charge is 0.0741 e. The van der Waals surface area contributed by atoms with Crippen molar-refractivity contribution in [3.63, 3.8) is 0 Å². The van der Waals surface area contributed by atoms with Crippen LogP contribution in [0.25, 0.3) is 0 Å². The average molecular weight is 290 g/mol. The van der Waals surface area contributed by atoms with Crippen LogP contribution in [0.4, 0.5) is 0 Å². The molecular formula is C18H30N2O. The molecule has 1 aromatic carbocycles. The number of rotatable bonds is 8. The lowest BCUT2D eigenvalue weighted by Gasteiger charge is -2.32. The highest BCUT2D eigenvalue weighted by Gasteiger charge is 2.27. The maximum atomic E-state index is 5.92. The summed E-state index contributed by atoms with van der Waals surface area (Å²) in [7, 11) is 0. The Bertz CT molecular complexity index is 415. The summed E-state index contributed by atoms with van der Waals surface area (Å²) in [6, 6.07) is 9.12. The van der Waals surface area contributed by atoms with Crippen molar-refractivity contribution in [2.75, 3.05) is 6.61 Å². The summed E-state index contributed by atoms with van der Waals surface area (Å²) in [5.41, 5.74) is 6.07. The SMILES string of the molecule is CCCC(OCC)C(CC1CCCc2ccccc21)NN. The van der Waals surface area contributed by atoms with E-state index in [2.05, 4.69) is 43.5 Å². The van der Waals surface area contributed by atoms with Crippen LogP contribution in [0.1, 0.15) is 63.0 Å². The predicted molar refractivity (Wildman–Crippen MR) is 88.2 cm³/mol. The van der Waals surface area contributed by atoms with Gasteiger partial charge < -0.3 is 4.74 Å². The Hall–Kier alpha value is -0.900. The minimum atomic E-state index is 0.221. The van der Waals surface area contributed by atoms with Gasteiger partial charge in [0.25, 0.3) is 0 Å². The first-order valence-corrected chi connectivity index (χ1v) is 8.45. The van der Waals surface area contributed by atoms with E-state index < -0.39 is 0 Å². The summed E-state index contributed by atoms with van der Waals surface area (Å²) >= 11 is 0. The van der Waals surface area contributed by atoms with E-state index in [1.807, 2.05) is 0 Å². The van der Waals surface area contributed by atoms with Crippen molar-refractivity contribution in [3.05, 3.63) is 35.4 Å². The Morgan fingerprint density at radius 3 is 2.86 bits per heavy atom. The quantitative estimate of drug-likeness (QED) is 0.569. The van der Waals surface area contributed by atoms with Crippen LogP contribution in [-0.2, 0) is 11.2 Å². The van der Waals surface area contributed by atoms with Crippen LogP contribution in [0.3, 0.4) is 0 Å². The third-order valence-electron chi connectivity index (χ3n) is 4.65. The maximum absolute atomic E-state index is 5.92. The van der Waals surface area contributed by atoms with Gasteiger partial charge in [0.05, 0.1) is 6.10 Å². The molecule has 2 rings (SSSR count). The summed E-state index contributed by atoms with van der Waals surface area (Å²) in [5.74, 6) is 6.45. The summed E-state index contributed by atoms with van der Waals surface area (Å²) in [6.45, 7) is 5.02. The van der Waals surface area contributed by atoms with E-state index in [0.29, 0.717) is 5.92 Å². The minimum absolute atomic E-state index is 0.221. The summed E-state index contributed by atoms with van der Waals surface area (Å²) in [5, 5.41) is 0. The molecule has 3 atom stereocenters. The molecular weight excluding hydrogens is 260 g/mol. The molecule has 3 nitrogen and oxygen atoms in total. The molecule has 1 aliphatic rings. The van der Waals surface area contributed by atoms with Gasteiger partial charge in [-0.25, -0.2) is 0 Å². The molecule has 0 amide bonds. The first kappa shape index (κ1) is 16.5. The van der Waals surface area contributed by atoms with Gasteiger partial charge in [0.15, 0.2) is 0 Å². The van der Waals surface area contributed by atoms with E-state index in [1.54, 1.807) is 0 Å². The van der Waals surface area contributed by atoms with Crippen molar-refractivity contribution >= 4 is 0 Å². The van der Waals surface area contributed by atoms with E-state index in [0.717, 1.165) is 25.9 Å². The number of aryl methyl sites for hydroxylation is 1. The summed E-state index contributed by atoms with van der Waals surface area (Å²) in [6.07, 6.45) is 7.25. The van der Waals surface area contributed by atoms with E-state index >= 15 is 0 Å². The van der Waals surface area contributed by atoms with Crippen LogP contribution in [0.15, 0.2) is 24.3 Å². The molecule has 118 valence electrons. The Labute approximate surface area is 129 Å². The molecule has 1 aromatic rings. The molecule has 21 heavy (non-hydrogen) atoms. The van der Waals surface area contributed by atoms with E-state index in [4.69, 9.17) is 10.6 Å². The van der Waals surface area contributed by atoms with Gasteiger partial charge >= 0.3 is 0 Å². The Balaban J connectivity index is 2.08. The zero-order valence-corrected chi connectivity index (χ0v) is 13.5. The molecule has 0 fully saturated rings. The van der Waals surface area contributed by atoms with E-state index in [-0.39, 0.29) is 12.1 Å². The molecule has 0 aromatic heterocycles. The molecule has 0 heterocycles. The molecule has 0 spiro atoms. The summed E-state index contributed by atoms with van der Waals surface area (Å²) < 4.78 is 5.92. The normalized spacial score (nSPS) is 20.8. The fourth-order valence-corrected chi connectivity index (χ4v) is 3.63. The lowest BCUT2D eigenvalue weighted by Crippen LogP contribution is -2.46. The minimum Gasteiger partial charge on any atom is -0.377 e. The Morgan fingerprint density at radius 2 is 2.14 bits per heavy atom. The van der Waals surface area contributed by atoms with Gasteiger partial charge in [-0.3, -0.25) is 11.3 Å². The van der Waals surface area contributed by atoms with E-state index in [9.17, 15) is 0 Å². The number of fused-ring (bicyclic) bond motifs is 1. The zero-order valence-electron chi connectivity index (χ0n) is 13.5.